The number of hydrogen-bond donors (Lipinski definition) is 3. The summed E-state index contributed by atoms with van der Waals surface area (Å²) in [4.78, 5) is 9.78. The van der Waals surface area contributed by atoms with E-state index in [0.717, 1.165) is 0 Å². The zero-order chi connectivity index (χ0) is 7.28. The van der Waals surface area contributed by atoms with Gasteiger partial charge >= 0.3 is 6.09 Å². The van der Waals surface area contributed by atoms with E-state index in [2.05, 4.69) is 0 Å². The lowest BCUT2D eigenvalue weighted by Crippen LogP contribution is -2.31. The lowest BCUT2D eigenvalue weighted by Gasteiger charge is -2.02. The molecule has 0 saturated heterocycles. The van der Waals surface area contributed by atoms with Crippen LogP contribution in [-0.4, -0.2) is 22.5 Å². The second-order valence-corrected chi connectivity index (χ2v) is 1.42. The fraction of sp³-hybridized carbons (Fsp3) is 0.400. The molecule has 1 atom stereocenters. The van der Waals surface area contributed by atoms with Gasteiger partial charge in [-0.05, 0) is 13.0 Å². The predicted molar refractivity (Wildman–Crippen MR) is 32.0 cm³/mol. The molecule has 9 heavy (non-hydrogen) atoms. The highest BCUT2D eigenvalue weighted by Crippen LogP contribution is 1.78. The van der Waals surface area contributed by atoms with E-state index in [0.29, 0.717) is 0 Å². The van der Waals surface area contributed by atoms with Crippen LogP contribution in [0.5, 0.6) is 0 Å². The summed E-state index contributed by atoms with van der Waals surface area (Å²) >= 11 is 0. The Balaban J connectivity index is 3.50. The van der Waals surface area contributed by atoms with Crippen LogP contribution in [0, 0.1) is 0 Å². The van der Waals surface area contributed by atoms with Crippen molar-refractivity contribution in [3.8, 4) is 0 Å². The molecule has 0 saturated carbocycles. The Hall–Kier alpha value is -1.03. The first-order chi connectivity index (χ1) is 4.16. The number of nitrogens with one attached hydrogen (secondary N) is 1. The van der Waals surface area contributed by atoms with Crippen LogP contribution in [0.3, 0.4) is 0 Å². The first-order valence-corrected chi connectivity index (χ1v) is 2.47. The number of amides is 1. The molecule has 1 amide bonds. The van der Waals surface area contributed by atoms with Gasteiger partial charge in [0.1, 0.15) is 6.23 Å². The first-order valence-electron chi connectivity index (χ1n) is 2.47. The summed E-state index contributed by atoms with van der Waals surface area (Å²) in [6.45, 7) is 1.69. The quantitative estimate of drug-likeness (QED) is 0.369. The molecule has 4 nitrogen and oxygen atoms in total. The third kappa shape index (κ3) is 4.83. The minimum Gasteiger partial charge on any atom is -0.465 e. The standard InChI is InChI=1S/C5H9NO3/c1-2-3-4(7)6-5(8)9/h2-4,6-7H,1H3,(H,8,9). The van der Waals surface area contributed by atoms with Crippen LogP contribution < -0.4 is 5.32 Å². The fourth-order valence-electron chi connectivity index (χ4n) is 0.357. The van der Waals surface area contributed by atoms with Gasteiger partial charge in [0.25, 0.3) is 0 Å². The molecule has 0 aliphatic heterocycles. The van der Waals surface area contributed by atoms with Gasteiger partial charge in [0.05, 0.1) is 0 Å². The second-order valence-electron chi connectivity index (χ2n) is 1.42. The Labute approximate surface area is 52.8 Å². The summed E-state index contributed by atoms with van der Waals surface area (Å²) in [5, 5.41) is 18.5. The van der Waals surface area contributed by atoms with Gasteiger partial charge in [-0.15, -0.1) is 0 Å². The van der Waals surface area contributed by atoms with Crippen LogP contribution >= 0.6 is 0 Å². The second kappa shape index (κ2) is 3.91. The number of aliphatic hydroxyl groups is 1. The van der Waals surface area contributed by atoms with Crippen LogP contribution in [-0.2, 0) is 0 Å². The van der Waals surface area contributed by atoms with E-state index < -0.39 is 12.3 Å². The molecule has 0 aromatic rings. The first kappa shape index (κ1) is 7.97. The zero-order valence-electron chi connectivity index (χ0n) is 5.03. The number of aliphatic hydroxyl groups excluding tert-OH is 1. The van der Waals surface area contributed by atoms with Gasteiger partial charge in [0, 0.05) is 0 Å². The molecule has 3 N–H and O–H groups in total. The van der Waals surface area contributed by atoms with E-state index in [4.69, 9.17) is 10.2 Å². The summed E-state index contributed by atoms with van der Waals surface area (Å²) in [6.07, 6.45) is 0.558. The van der Waals surface area contributed by atoms with Crippen LogP contribution in [0.4, 0.5) is 4.79 Å². The third-order valence-corrected chi connectivity index (χ3v) is 0.646. The van der Waals surface area contributed by atoms with Crippen LogP contribution in [0.1, 0.15) is 6.92 Å². The van der Waals surface area contributed by atoms with E-state index in [-0.39, 0.29) is 0 Å². The molecule has 0 radical (unpaired) electrons. The lowest BCUT2D eigenvalue weighted by molar-refractivity contribution is 0.149. The number of rotatable bonds is 2. The van der Waals surface area contributed by atoms with Gasteiger partial charge in [-0.1, -0.05) is 6.08 Å². The van der Waals surface area contributed by atoms with E-state index in [1.807, 2.05) is 5.32 Å². The highest BCUT2D eigenvalue weighted by atomic mass is 16.4. The van der Waals surface area contributed by atoms with Gasteiger partial charge in [-0.2, -0.15) is 0 Å². The number of hydrogen-bond acceptors (Lipinski definition) is 2. The molecule has 0 rings (SSSR count). The van der Waals surface area contributed by atoms with Crippen molar-refractivity contribution in [1.82, 2.24) is 5.32 Å². The minimum absolute atomic E-state index is 1.09. The summed E-state index contributed by atoms with van der Waals surface area (Å²) < 4.78 is 0. The van der Waals surface area contributed by atoms with Crippen molar-refractivity contribution in [1.29, 1.82) is 0 Å². The van der Waals surface area contributed by atoms with Gasteiger partial charge in [0.2, 0.25) is 0 Å². The average Bonchev–Trinajstić information content (AvgIpc) is 1.63. The Bertz CT molecular complexity index is 121. The van der Waals surface area contributed by atoms with Crippen molar-refractivity contribution in [3.63, 3.8) is 0 Å². The predicted octanol–water partition coefficient (Wildman–Crippen LogP) is 0.149. The number of carbonyl (C=O) groups is 1. The summed E-state index contributed by atoms with van der Waals surface area (Å²) in [5.41, 5.74) is 0. The molecule has 0 aromatic carbocycles. The molecule has 0 aliphatic rings. The van der Waals surface area contributed by atoms with Crippen molar-refractivity contribution in [2.45, 2.75) is 13.2 Å². The zero-order valence-corrected chi connectivity index (χ0v) is 5.03. The molecular weight excluding hydrogens is 122 g/mol. The molecule has 4 heteroatoms. The summed E-state index contributed by atoms with van der Waals surface area (Å²) in [7, 11) is 0. The maximum absolute atomic E-state index is 9.78. The lowest BCUT2D eigenvalue weighted by atomic mass is 10.5. The molecule has 0 spiro atoms. The highest BCUT2D eigenvalue weighted by Gasteiger charge is 1.99. The normalized spacial score (nSPS) is 13.6. The monoisotopic (exact) mass is 131 g/mol. The third-order valence-electron chi connectivity index (χ3n) is 0.646. The summed E-state index contributed by atoms with van der Waals surface area (Å²) in [5.74, 6) is 0. The van der Waals surface area contributed by atoms with Crippen molar-refractivity contribution in [2.75, 3.05) is 0 Å². The van der Waals surface area contributed by atoms with Crippen molar-refractivity contribution < 1.29 is 15.0 Å². The maximum atomic E-state index is 9.78. The fourth-order valence-corrected chi connectivity index (χ4v) is 0.357. The smallest absolute Gasteiger partial charge is 0.406 e. The van der Waals surface area contributed by atoms with E-state index in [1.165, 1.54) is 6.08 Å². The Kier molecular flexibility index (Phi) is 3.46. The van der Waals surface area contributed by atoms with Crippen molar-refractivity contribution in [2.24, 2.45) is 0 Å². The number of carboxylic acid groups (broad SMARTS) is 1. The van der Waals surface area contributed by atoms with Gasteiger partial charge < -0.3 is 10.2 Å². The topological polar surface area (TPSA) is 69.6 Å². The van der Waals surface area contributed by atoms with Gasteiger partial charge in [0.15, 0.2) is 0 Å². The van der Waals surface area contributed by atoms with Crippen molar-refractivity contribution >= 4 is 6.09 Å². The molecule has 0 bridgehead atoms. The molecule has 52 valence electrons. The minimum atomic E-state index is -1.24. The molecule has 1 unspecified atom stereocenters. The molecule has 0 heterocycles. The molecule has 0 aromatic heterocycles. The van der Waals surface area contributed by atoms with Gasteiger partial charge in [-0.25, -0.2) is 4.79 Å². The molecule has 0 aliphatic carbocycles. The number of allylic oxidation sites excluding steroid dienone is 1. The SMILES string of the molecule is CC=CC(O)NC(=O)O. The Morgan fingerprint density at radius 2 is 2.33 bits per heavy atom. The van der Waals surface area contributed by atoms with Gasteiger partial charge in [-0.3, -0.25) is 5.32 Å². The van der Waals surface area contributed by atoms with E-state index in [9.17, 15) is 4.79 Å². The maximum Gasteiger partial charge on any atom is 0.406 e. The van der Waals surface area contributed by atoms with Crippen molar-refractivity contribution in [3.05, 3.63) is 12.2 Å². The molecule has 0 fully saturated rings. The summed E-state index contributed by atoms with van der Waals surface area (Å²) in [6, 6.07) is 0. The van der Waals surface area contributed by atoms with Crippen LogP contribution in [0.2, 0.25) is 0 Å². The van der Waals surface area contributed by atoms with E-state index in [1.54, 1.807) is 13.0 Å². The Morgan fingerprint density at radius 1 is 1.78 bits per heavy atom. The molecular formula is C5H9NO3. The van der Waals surface area contributed by atoms with E-state index >= 15 is 0 Å². The van der Waals surface area contributed by atoms with Crippen LogP contribution in [0.15, 0.2) is 12.2 Å². The average molecular weight is 131 g/mol. The highest BCUT2D eigenvalue weighted by molar-refractivity contribution is 5.64. The Morgan fingerprint density at radius 3 is 2.67 bits per heavy atom. The largest absolute Gasteiger partial charge is 0.465 e. The van der Waals surface area contributed by atoms with Crippen LogP contribution in [0.25, 0.3) is 0 Å².